The molecule has 2 aromatic heterocycles. The fourth-order valence-electron chi connectivity index (χ4n) is 5.00. The van der Waals surface area contributed by atoms with Crippen molar-refractivity contribution in [2.24, 2.45) is 5.10 Å². The van der Waals surface area contributed by atoms with Crippen LogP contribution in [0.15, 0.2) is 56.6 Å². The molecule has 0 unspecified atom stereocenters. The Morgan fingerprint density at radius 2 is 1.79 bits per heavy atom. The SMILES string of the molecule is COC(=O)c1ccc(OC(=O)c2oc3c(c2C)/C(=N/NC(=O)Cc2coc4cc(C)cc(C)c24)CCC3)cc1. The molecule has 0 saturated carbocycles. The predicted octanol–water partition coefficient (Wildman–Crippen LogP) is 5.36. The molecule has 1 N–H and O–H groups in total. The minimum atomic E-state index is -0.659. The van der Waals surface area contributed by atoms with Gasteiger partial charge in [0.25, 0.3) is 0 Å². The maximum absolute atomic E-state index is 12.9. The quantitative estimate of drug-likeness (QED) is 0.203. The molecule has 0 saturated heterocycles. The molecule has 0 fully saturated rings. The fourth-order valence-corrected chi connectivity index (χ4v) is 5.00. The largest absolute Gasteiger partial charge is 0.465 e. The first-order chi connectivity index (χ1) is 18.7. The molecule has 1 amide bonds. The second-order valence-corrected chi connectivity index (χ2v) is 9.60. The molecule has 4 aromatic rings. The van der Waals surface area contributed by atoms with E-state index in [1.54, 1.807) is 13.2 Å². The Morgan fingerprint density at radius 3 is 2.54 bits per heavy atom. The number of hydrogen-bond acceptors (Lipinski definition) is 8. The lowest BCUT2D eigenvalue weighted by Crippen LogP contribution is -2.23. The van der Waals surface area contributed by atoms with Crippen LogP contribution in [-0.2, 0) is 22.4 Å². The summed E-state index contributed by atoms with van der Waals surface area (Å²) >= 11 is 0. The summed E-state index contributed by atoms with van der Waals surface area (Å²) in [6.45, 7) is 5.77. The molecule has 5 rings (SSSR count). The Bertz CT molecular complexity index is 1620. The third-order valence-corrected chi connectivity index (χ3v) is 6.76. The minimum absolute atomic E-state index is 0.0774. The van der Waals surface area contributed by atoms with E-state index in [2.05, 4.69) is 21.3 Å². The molecule has 2 aromatic carbocycles. The van der Waals surface area contributed by atoms with Gasteiger partial charge < -0.3 is 18.3 Å². The lowest BCUT2D eigenvalue weighted by atomic mass is 9.93. The number of rotatable bonds is 6. The van der Waals surface area contributed by atoms with E-state index >= 15 is 0 Å². The highest BCUT2D eigenvalue weighted by atomic mass is 16.5. The van der Waals surface area contributed by atoms with Crippen molar-refractivity contribution in [3.8, 4) is 5.75 Å². The first-order valence-electron chi connectivity index (χ1n) is 12.6. The normalized spacial score (nSPS) is 13.8. The lowest BCUT2D eigenvalue weighted by Gasteiger charge is -2.13. The van der Waals surface area contributed by atoms with Crippen molar-refractivity contribution in [3.63, 3.8) is 0 Å². The number of ether oxygens (including phenoxy) is 2. The molecule has 1 aliphatic carbocycles. The van der Waals surface area contributed by atoms with E-state index in [4.69, 9.17) is 13.6 Å². The highest BCUT2D eigenvalue weighted by molar-refractivity contribution is 6.06. The van der Waals surface area contributed by atoms with Gasteiger partial charge in [0.05, 0.1) is 31.1 Å². The summed E-state index contributed by atoms with van der Waals surface area (Å²) in [5.41, 5.74) is 8.68. The number of hydrazone groups is 1. The molecule has 0 spiro atoms. The lowest BCUT2D eigenvalue weighted by molar-refractivity contribution is -0.120. The highest BCUT2D eigenvalue weighted by Gasteiger charge is 2.29. The fraction of sp³-hybridized carbons (Fsp3) is 0.267. The molecule has 1 aliphatic rings. The van der Waals surface area contributed by atoms with Crippen LogP contribution >= 0.6 is 0 Å². The Kier molecular flexibility index (Phi) is 7.06. The average Bonchev–Trinajstić information content (AvgIpc) is 3.48. The molecule has 2 heterocycles. The second kappa shape index (κ2) is 10.6. The van der Waals surface area contributed by atoms with Crippen molar-refractivity contribution in [2.75, 3.05) is 7.11 Å². The Balaban J connectivity index is 1.31. The van der Waals surface area contributed by atoms with E-state index in [1.165, 1.54) is 31.4 Å². The highest BCUT2D eigenvalue weighted by Crippen LogP contribution is 2.31. The van der Waals surface area contributed by atoms with Crippen LogP contribution in [0.4, 0.5) is 0 Å². The van der Waals surface area contributed by atoms with E-state index in [-0.39, 0.29) is 23.8 Å². The van der Waals surface area contributed by atoms with E-state index in [0.29, 0.717) is 35.4 Å². The summed E-state index contributed by atoms with van der Waals surface area (Å²) in [6, 6.07) is 10.1. The maximum Gasteiger partial charge on any atom is 0.379 e. The van der Waals surface area contributed by atoms with Gasteiger partial charge in [-0.15, -0.1) is 0 Å². The van der Waals surface area contributed by atoms with E-state index < -0.39 is 11.9 Å². The summed E-state index contributed by atoms with van der Waals surface area (Å²) in [7, 11) is 1.30. The molecule has 39 heavy (non-hydrogen) atoms. The van der Waals surface area contributed by atoms with E-state index in [9.17, 15) is 14.4 Å². The summed E-state index contributed by atoms with van der Waals surface area (Å²) < 4.78 is 21.7. The van der Waals surface area contributed by atoms with Crippen LogP contribution in [-0.4, -0.2) is 30.7 Å². The summed E-state index contributed by atoms with van der Waals surface area (Å²) in [5.74, 6) is -0.438. The van der Waals surface area contributed by atoms with Crippen molar-refractivity contribution in [1.82, 2.24) is 5.43 Å². The summed E-state index contributed by atoms with van der Waals surface area (Å²) in [5, 5.41) is 5.35. The number of carbonyl (C=O) groups excluding carboxylic acids is 3. The number of amides is 1. The summed E-state index contributed by atoms with van der Waals surface area (Å²) in [6.07, 6.45) is 3.78. The van der Waals surface area contributed by atoms with Gasteiger partial charge in [0.15, 0.2) is 0 Å². The second-order valence-electron chi connectivity index (χ2n) is 9.60. The molecular weight excluding hydrogens is 500 g/mol. The molecule has 9 nitrogen and oxygen atoms in total. The number of hydrogen-bond donors (Lipinski definition) is 1. The molecule has 9 heteroatoms. The van der Waals surface area contributed by atoms with E-state index in [0.717, 1.165) is 39.6 Å². The number of aryl methyl sites for hydroxylation is 3. The number of nitrogens with zero attached hydrogens (tertiary/aromatic N) is 1. The average molecular weight is 529 g/mol. The molecule has 0 aliphatic heterocycles. The molecule has 200 valence electrons. The van der Waals surface area contributed by atoms with Crippen LogP contribution in [0.1, 0.15) is 67.3 Å². The van der Waals surface area contributed by atoms with Gasteiger partial charge in [0, 0.05) is 28.5 Å². The number of methoxy groups -OCH3 is 1. The zero-order valence-corrected chi connectivity index (χ0v) is 22.2. The van der Waals surface area contributed by atoms with Crippen molar-refractivity contribution in [2.45, 2.75) is 46.5 Å². The van der Waals surface area contributed by atoms with Crippen LogP contribution in [0.2, 0.25) is 0 Å². The number of fused-ring (bicyclic) bond motifs is 2. The Labute approximate surface area is 224 Å². The van der Waals surface area contributed by atoms with E-state index in [1.807, 2.05) is 19.9 Å². The van der Waals surface area contributed by atoms with Gasteiger partial charge in [-0.1, -0.05) is 6.07 Å². The monoisotopic (exact) mass is 528 g/mol. The van der Waals surface area contributed by atoms with Gasteiger partial charge in [-0.2, -0.15) is 5.10 Å². The Hall–Kier alpha value is -4.66. The van der Waals surface area contributed by atoms with Crippen molar-refractivity contribution in [3.05, 3.63) is 87.6 Å². The number of esters is 2. The predicted molar refractivity (Wildman–Crippen MR) is 143 cm³/mol. The molecule has 0 radical (unpaired) electrons. The number of benzene rings is 2. The Morgan fingerprint density at radius 1 is 1.03 bits per heavy atom. The topological polar surface area (TPSA) is 120 Å². The number of furan rings is 2. The van der Waals surface area contributed by atoms with Gasteiger partial charge in [-0.3, -0.25) is 4.79 Å². The van der Waals surface area contributed by atoms with Crippen molar-refractivity contribution < 1.29 is 32.7 Å². The molecule has 0 bridgehead atoms. The van der Waals surface area contributed by atoms with Gasteiger partial charge >= 0.3 is 11.9 Å². The van der Waals surface area contributed by atoms with Crippen LogP contribution < -0.4 is 10.2 Å². The van der Waals surface area contributed by atoms with Gasteiger partial charge in [-0.05, 0) is 75.1 Å². The maximum atomic E-state index is 12.9. The number of carbonyl (C=O) groups is 3. The zero-order valence-electron chi connectivity index (χ0n) is 22.2. The van der Waals surface area contributed by atoms with Crippen molar-refractivity contribution in [1.29, 1.82) is 0 Å². The van der Waals surface area contributed by atoms with Crippen LogP contribution in [0.3, 0.4) is 0 Å². The smallest absolute Gasteiger partial charge is 0.379 e. The minimum Gasteiger partial charge on any atom is -0.465 e. The first kappa shape index (κ1) is 26.0. The third kappa shape index (κ3) is 5.20. The van der Waals surface area contributed by atoms with Crippen LogP contribution in [0.5, 0.6) is 5.75 Å². The van der Waals surface area contributed by atoms with Crippen molar-refractivity contribution >= 4 is 34.5 Å². The zero-order chi connectivity index (χ0) is 27.7. The van der Waals surface area contributed by atoms with Crippen LogP contribution in [0, 0.1) is 20.8 Å². The molecule has 0 atom stereocenters. The van der Waals surface area contributed by atoms with Gasteiger partial charge in [0.1, 0.15) is 17.1 Å². The van der Waals surface area contributed by atoms with Gasteiger partial charge in [-0.25, -0.2) is 15.0 Å². The standard InChI is InChI=1S/C30H28N2O7/c1-16-12-17(2)26-20(15-37-24(26)13-16)14-25(33)32-31-22-6-5-7-23-27(22)18(3)28(39-23)30(35)38-21-10-8-19(9-11-21)29(34)36-4/h8-13,15H,5-7,14H2,1-4H3,(H,32,33)/b31-22+. The summed E-state index contributed by atoms with van der Waals surface area (Å²) in [4.78, 5) is 37.3. The van der Waals surface area contributed by atoms with Crippen LogP contribution in [0.25, 0.3) is 11.0 Å². The van der Waals surface area contributed by atoms with Gasteiger partial charge in [0.2, 0.25) is 11.7 Å². The molecular formula is C30H28N2O7. The number of nitrogens with one attached hydrogen (secondary N) is 1. The third-order valence-electron chi connectivity index (χ3n) is 6.76. The first-order valence-corrected chi connectivity index (χ1v) is 12.6.